The van der Waals surface area contributed by atoms with Crippen LogP contribution in [0.5, 0.6) is 5.88 Å². The molecule has 1 amide bonds. The van der Waals surface area contributed by atoms with Gasteiger partial charge in [-0.15, -0.1) is 0 Å². The number of hydrogen-bond acceptors (Lipinski definition) is 5. The Morgan fingerprint density at radius 1 is 1.18 bits per heavy atom. The number of benzene rings is 1. The zero-order valence-corrected chi connectivity index (χ0v) is 13.0. The van der Waals surface area contributed by atoms with E-state index in [1.165, 1.54) is 0 Å². The number of methoxy groups -OCH3 is 1. The molecule has 1 heterocycles. The molecular weight excluding hydrogens is 280 g/mol. The summed E-state index contributed by atoms with van der Waals surface area (Å²) in [6.45, 7) is 5.34. The smallest absolute Gasteiger partial charge is 0.253 e. The Morgan fingerprint density at radius 3 is 2.45 bits per heavy atom. The highest BCUT2D eigenvalue weighted by atomic mass is 16.5. The molecule has 0 aliphatic rings. The number of nitrogens with zero attached hydrogens (tertiary/aromatic N) is 3. The Morgan fingerprint density at radius 2 is 1.86 bits per heavy atom. The number of ether oxygens (including phenoxy) is 1. The summed E-state index contributed by atoms with van der Waals surface area (Å²) in [5.74, 6) is 0.974. The third-order valence-electron chi connectivity index (χ3n) is 3.28. The second-order valence-corrected chi connectivity index (χ2v) is 4.60. The second kappa shape index (κ2) is 7.40. The van der Waals surface area contributed by atoms with Gasteiger partial charge in [0.25, 0.3) is 5.91 Å². The van der Waals surface area contributed by atoms with E-state index in [1.54, 1.807) is 36.4 Å². The summed E-state index contributed by atoms with van der Waals surface area (Å²) in [4.78, 5) is 22.3. The number of nitrogens with one attached hydrogen (secondary N) is 1. The van der Waals surface area contributed by atoms with E-state index in [1.807, 2.05) is 26.0 Å². The standard InChI is InChI=1S/C16H20N4O2/c1-4-20(5-2)15(21)12-6-8-13(9-7-12)18-16-17-11-10-14(19-16)22-3/h6-11H,4-5H2,1-3H3,(H,17,18,19). The number of aromatic nitrogens is 2. The summed E-state index contributed by atoms with van der Waals surface area (Å²) in [5.41, 5.74) is 1.48. The molecule has 2 aromatic rings. The SMILES string of the molecule is CCN(CC)C(=O)c1ccc(Nc2nccc(OC)n2)cc1. The Balaban J connectivity index is 2.10. The van der Waals surface area contributed by atoms with Crippen molar-refractivity contribution in [1.82, 2.24) is 14.9 Å². The average molecular weight is 300 g/mol. The van der Waals surface area contributed by atoms with Gasteiger partial charge in [0.2, 0.25) is 11.8 Å². The monoisotopic (exact) mass is 300 g/mol. The van der Waals surface area contributed by atoms with Crippen molar-refractivity contribution < 1.29 is 9.53 Å². The minimum Gasteiger partial charge on any atom is -0.481 e. The first-order valence-electron chi connectivity index (χ1n) is 7.21. The summed E-state index contributed by atoms with van der Waals surface area (Å²) >= 11 is 0. The van der Waals surface area contributed by atoms with Crippen molar-refractivity contribution in [3.05, 3.63) is 42.1 Å². The number of hydrogen-bond donors (Lipinski definition) is 1. The first kappa shape index (κ1) is 15.8. The van der Waals surface area contributed by atoms with Gasteiger partial charge in [0.05, 0.1) is 7.11 Å². The van der Waals surface area contributed by atoms with Gasteiger partial charge in [-0.2, -0.15) is 4.98 Å². The molecule has 0 atom stereocenters. The molecule has 0 saturated heterocycles. The number of rotatable bonds is 6. The summed E-state index contributed by atoms with van der Waals surface area (Å²) in [7, 11) is 1.56. The number of anilines is 2. The maximum absolute atomic E-state index is 12.2. The van der Waals surface area contributed by atoms with E-state index in [9.17, 15) is 4.79 Å². The van der Waals surface area contributed by atoms with Crippen LogP contribution < -0.4 is 10.1 Å². The zero-order chi connectivity index (χ0) is 15.9. The van der Waals surface area contributed by atoms with E-state index in [-0.39, 0.29) is 5.91 Å². The molecule has 1 aromatic heterocycles. The predicted octanol–water partition coefficient (Wildman–Crippen LogP) is 2.71. The fourth-order valence-corrected chi connectivity index (χ4v) is 2.03. The lowest BCUT2D eigenvalue weighted by molar-refractivity contribution is 0.0773. The lowest BCUT2D eigenvalue weighted by Crippen LogP contribution is -2.30. The molecule has 0 aliphatic heterocycles. The molecule has 0 fully saturated rings. The molecule has 116 valence electrons. The van der Waals surface area contributed by atoms with Gasteiger partial charge in [-0.1, -0.05) is 0 Å². The molecule has 1 N–H and O–H groups in total. The van der Waals surface area contributed by atoms with Crippen LogP contribution in [0.25, 0.3) is 0 Å². The quantitative estimate of drug-likeness (QED) is 0.888. The molecule has 6 heteroatoms. The topological polar surface area (TPSA) is 67.4 Å². The Kier molecular flexibility index (Phi) is 5.30. The van der Waals surface area contributed by atoms with Gasteiger partial charge in [0, 0.05) is 36.6 Å². The molecule has 6 nitrogen and oxygen atoms in total. The minimum absolute atomic E-state index is 0.0363. The molecule has 1 aromatic carbocycles. The fraction of sp³-hybridized carbons (Fsp3) is 0.312. The second-order valence-electron chi connectivity index (χ2n) is 4.60. The van der Waals surface area contributed by atoms with Crippen LogP contribution >= 0.6 is 0 Å². The van der Waals surface area contributed by atoms with E-state index in [4.69, 9.17) is 4.74 Å². The summed E-state index contributed by atoms with van der Waals surface area (Å²) < 4.78 is 5.05. The minimum atomic E-state index is 0.0363. The van der Waals surface area contributed by atoms with Crippen LogP contribution in [0.1, 0.15) is 24.2 Å². The first-order valence-corrected chi connectivity index (χ1v) is 7.21. The van der Waals surface area contributed by atoms with Gasteiger partial charge in [-0.3, -0.25) is 4.79 Å². The molecule has 0 saturated carbocycles. The Bertz CT molecular complexity index is 624. The van der Waals surface area contributed by atoms with Crippen molar-refractivity contribution in [1.29, 1.82) is 0 Å². The highest BCUT2D eigenvalue weighted by molar-refractivity contribution is 5.94. The van der Waals surface area contributed by atoms with E-state index in [0.29, 0.717) is 30.5 Å². The fourth-order valence-electron chi connectivity index (χ4n) is 2.03. The molecule has 22 heavy (non-hydrogen) atoms. The van der Waals surface area contributed by atoms with E-state index in [0.717, 1.165) is 5.69 Å². The van der Waals surface area contributed by atoms with Gasteiger partial charge in [0.1, 0.15) is 0 Å². The number of amides is 1. The van der Waals surface area contributed by atoms with E-state index in [2.05, 4.69) is 15.3 Å². The van der Waals surface area contributed by atoms with Gasteiger partial charge in [0.15, 0.2) is 0 Å². The van der Waals surface area contributed by atoms with Crippen molar-refractivity contribution >= 4 is 17.5 Å². The van der Waals surface area contributed by atoms with Crippen LogP contribution in [0, 0.1) is 0 Å². The van der Waals surface area contributed by atoms with Gasteiger partial charge in [-0.25, -0.2) is 4.98 Å². The highest BCUT2D eigenvalue weighted by Gasteiger charge is 2.12. The normalized spacial score (nSPS) is 10.1. The van der Waals surface area contributed by atoms with Crippen LogP contribution in [0.3, 0.4) is 0 Å². The summed E-state index contributed by atoms with van der Waals surface area (Å²) in [6.07, 6.45) is 1.62. The van der Waals surface area contributed by atoms with Crippen molar-refractivity contribution in [2.24, 2.45) is 0 Å². The van der Waals surface area contributed by atoms with Gasteiger partial charge >= 0.3 is 0 Å². The van der Waals surface area contributed by atoms with Crippen molar-refractivity contribution in [2.45, 2.75) is 13.8 Å². The Labute approximate surface area is 130 Å². The van der Waals surface area contributed by atoms with Crippen LogP contribution in [0.15, 0.2) is 36.5 Å². The van der Waals surface area contributed by atoms with Gasteiger partial charge in [-0.05, 0) is 38.1 Å². The van der Waals surface area contributed by atoms with Crippen LogP contribution in [-0.4, -0.2) is 41.0 Å². The van der Waals surface area contributed by atoms with Crippen LogP contribution in [0.4, 0.5) is 11.6 Å². The molecule has 0 spiro atoms. The third kappa shape index (κ3) is 3.72. The van der Waals surface area contributed by atoms with Crippen molar-refractivity contribution in [3.8, 4) is 5.88 Å². The third-order valence-corrected chi connectivity index (χ3v) is 3.28. The Hall–Kier alpha value is -2.63. The average Bonchev–Trinajstić information content (AvgIpc) is 2.56. The molecule has 0 radical (unpaired) electrons. The molecule has 2 rings (SSSR count). The van der Waals surface area contributed by atoms with E-state index >= 15 is 0 Å². The lowest BCUT2D eigenvalue weighted by atomic mass is 10.2. The van der Waals surface area contributed by atoms with E-state index < -0.39 is 0 Å². The van der Waals surface area contributed by atoms with Gasteiger partial charge < -0.3 is 15.0 Å². The lowest BCUT2D eigenvalue weighted by Gasteiger charge is -2.18. The maximum atomic E-state index is 12.2. The summed E-state index contributed by atoms with van der Waals surface area (Å²) in [5, 5.41) is 3.07. The largest absolute Gasteiger partial charge is 0.481 e. The van der Waals surface area contributed by atoms with Crippen LogP contribution in [-0.2, 0) is 0 Å². The summed E-state index contributed by atoms with van der Waals surface area (Å²) in [6, 6.07) is 8.93. The van der Waals surface area contributed by atoms with Crippen LogP contribution in [0.2, 0.25) is 0 Å². The number of carbonyl (C=O) groups excluding carboxylic acids is 1. The number of carbonyl (C=O) groups is 1. The maximum Gasteiger partial charge on any atom is 0.253 e. The molecule has 0 bridgehead atoms. The molecule has 0 aliphatic carbocycles. The van der Waals surface area contributed by atoms with Crippen molar-refractivity contribution in [2.75, 3.05) is 25.5 Å². The molecular formula is C16H20N4O2. The first-order chi connectivity index (χ1) is 10.7. The van der Waals surface area contributed by atoms with Crippen molar-refractivity contribution in [3.63, 3.8) is 0 Å². The predicted molar refractivity (Wildman–Crippen MR) is 85.6 cm³/mol. The highest BCUT2D eigenvalue weighted by Crippen LogP contribution is 2.16. The zero-order valence-electron chi connectivity index (χ0n) is 13.0. The molecule has 0 unspecified atom stereocenters.